The maximum atomic E-state index is 2.40. The molecule has 15 heavy (non-hydrogen) atoms. The zero-order valence-corrected chi connectivity index (χ0v) is 10.4. The molecule has 2 rings (SSSR count). The van der Waals surface area contributed by atoms with E-state index in [1.54, 1.807) is 5.57 Å². The van der Waals surface area contributed by atoms with Crippen molar-refractivity contribution in [1.29, 1.82) is 0 Å². The summed E-state index contributed by atoms with van der Waals surface area (Å²) < 4.78 is 0. The molecule has 1 aromatic carbocycles. The Morgan fingerprint density at radius 2 is 1.73 bits per heavy atom. The summed E-state index contributed by atoms with van der Waals surface area (Å²) in [6.07, 6.45) is 3.54. The molecule has 80 valence electrons. The Hall–Kier alpha value is -1.04. The Balaban J connectivity index is 2.50. The first kappa shape index (κ1) is 10.5. The molecule has 1 aromatic rings. The molecule has 0 N–H and O–H groups in total. The van der Waals surface area contributed by atoms with E-state index in [2.05, 4.69) is 52.8 Å². The van der Waals surface area contributed by atoms with Crippen LogP contribution in [0, 0.1) is 19.3 Å². The fraction of sp³-hybridized carbons (Fsp3) is 0.467. The Bertz CT molecular complexity index is 428. The quantitative estimate of drug-likeness (QED) is 0.586. The molecule has 0 heteroatoms. The van der Waals surface area contributed by atoms with Crippen molar-refractivity contribution in [1.82, 2.24) is 0 Å². The van der Waals surface area contributed by atoms with Gasteiger partial charge in [-0.15, -0.1) is 0 Å². The lowest BCUT2D eigenvalue weighted by Crippen LogP contribution is -2.08. The second-order valence-corrected chi connectivity index (χ2v) is 5.68. The molecule has 0 atom stereocenters. The van der Waals surface area contributed by atoms with E-state index in [0.29, 0.717) is 5.41 Å². The Kier molecular flexibility index (Phi) is 2.26. The molecule has 0 amide bonds. The van der Waals surface area contributed by atoms with E-state index in [1.807, 2.05) is 0 Å². The third-order valence-electron chi connectivity index (χ3n) is 3.54. The van der Waals surface area contributed by atoms with Gasteiger partial charge in [0, 0.05) is 0 Å². The van der Waals surface area contributed by atoms with Crippen LogP contribution in [0.1, 0.15) is 43.0 Å². The maximum Gasteiger partial charge on any atom is -0.00525 e. The van der Waals surface area contributed by atoms with Gasteiger partial charge < -0.3 is 0 Å². The zero-order valence-electron chi connectivity index (χ0n) is 10.4. The number of fused-ring (bicyclic) bond motifs is 1. The van der Waals surface area contributed by atoms with Crippen molar-refractivity contribution in [3.63, 3.8) is 0 Å². The van der Waals surface area contributed by atoms with Crippen LogP contribution in [-0.2, 0) is 6.42 Å². The van der Waals surface area contributed by atoms with Crippen LogP contribution in [0.25, 0.3) is 6.08 Å². The van der Waals surface area contributed by atoms with Crippen LogP contribution in [0.4, 0.5) is 0 Å². The van der Waals surface area contributed by atoms with Crippen LogP contribution in [0.2, 0.25) is 0 Å². The molecule has 0 radical (unpaired) electrons. The van der Waals surface area contributed by atoms with Gasteiger partial charge in [0.25, 0.3) is 0 Å². The molecule has 1 aliphatic rings. The first-order chi connectivity index (χ1) is 6.89. The minimum atomic E-state index is 0.305. The highest BCUT2D eigenvalue weighted by atomic mass is 14.3. The van der Waals surface area contributed by atoms with E-state index < -0.39 is 0 Å². The lowest BCUT2D eigenvalue weighted by molar-refractivity contribution is 0.498. The van der Waals surface area contributed by atoms with Crippen LogP contribution < -0.4 is 0 Å². The lowest BCUT2D eigenvalue weighted by atomic mass is 9.85. The molecular formula is C15H20. The molecule has 0 bridgehead atoms. The largest absolute Gasteiger partial charge is 0.0598 e. The Morgan fingerprint density at radius 3 is 2.33 bits per heavy atom. The van der Waals surface area contributed by atoms with Crippen LogP contribution in [0.3, 0.4) is 0 Å². The molecular weight excluding hydrogens is 180 g/mol. The topological polar surface area (TPSA) is 0 Å². The van der Waals surface area contributed by atoms with Gasteiger partial charge in [-0.2, -0.15) is 0 Å². The highest BCUT2D eigenvalue weighted by Crippen LogP contribution is 2.37. The highest BCUT2D eigenvalue weighted by molar-refractivity contribution is 5.68. The minimum absolute atomic E-state index is 0.305. The third kappa shape index (κ3) is 1.73. The standard InChI is InChI=1S/C15H20/c1-10-6-7-12-8-13(15(3,4)5)9-14(12)11(10)2/h6-7,9H,8H2,1-5H3. The molecule has 0 aliphatic heterocycles. The van der Waals surface area contributed by atoms with Crippen LogP contribution in [0.5, 0.6) is 0 Å². The summed E-state index contributed by atoms with van der Waals surface area (Å²) in [6, 6.07) is 4.53. The summed E-state index contributed by atoms with van der Waals surface area (Å²) in [7, 11) is 0. The summed E-state index contributed by atoms with van der Waals surface area (Å²) in [5.74, 6) is 0. The average molecular weight is 200 g/mol. The summed E-state index contributed by atoms with van der Waals surface area (Å²) in [5, 5.41) is 0. The van der Waals surface area contributed by atoms with Gasteiger partial charge in [0.1, 0.15) is 0 Å². The summed E-state index contributed by atoms with van der Waals surface area (Å²) in [4.78, 5) is 0. The molecule has 0 heterocycles. The SMILES string of the molecule is Cc1ccc2c(c1C)C=C(C(C)(C)C)C2. The van der Waals surface area contributed by atoms with E-state index in [1.165, 1.54) is 22.3 Å². The Morgan fingerprint density at radius 1 is 1.07 bits per heavy atom. The van der Waals surface area contributed by atoms with Gasteiger partial charge in [-0.1, -0.05) is 44.6 Å². The normalized spacial score (nSPS) is 15.1. The predicted octanol–water partition coefficient (Wildman–Crippen LogP) is 4.29. The van der Waals surface area contributed by atoms with Crippen molar-refractivity contribution >= 4 is 6.08 Å². The van der Waals surface area contributed by atoms with Gasteiger partial charge >= 0.3 is 0 Å². The predicted molar refractivity (Wildman–Crippen MR) is 67.1 cm³/mol. The maximum absolute atomic E-state index is 2.40. The molecule has 1 aliphatic carbocycles. The fourth-order valence-corrected chi connectivity index (χ4v) is 2.16. The lowest BCUT2D eigenvalue weighted by Gasteiger charge is -2.19. The van der Waals surface area contributed by atoms with Crippen molar-refractivity contribution < 1.29 is 0 Å². The van der Waals surface area contributed by atoms with E-state index in [9.17, 15) is 0 Å². The third-order valence-corrected chi connectivity index (χ3v) is 3.54. The van der Waals surface area contributed by atoms with Gasteiger partial charge in [0.15, 0.2) is 0 Å². The van der Waals surface area contributed by atoms with Gasteiger partial charge in [0.05, 0.1) is 0 Å². The van der Waals surface area contributed by atoms with Crippen molar-refractivity contribution in [3.8, 4) is 0 Å². The monoisotopic (exact) mass is 200 g/mol. The molecule has 0 spiro atoms. The van der Waals surface area contributed by atoms with Gasteiger partial charge in [-0.3, -0.25) is 0 Å². The number of rotatable bonds is 0. The van der Waals surface area contributed by atoms with E-state index >= 15 is 0 Å². The highest BCUT2D eigenvalue weighted by Gasteiger charge is 2.23. The second kappa shape index (κ2) is 3.23. The van der Waals surface area contributed by atoms with Gasteiger partial charge in [0.2, 0.25) is 0 Å². The molecule has 0 unspecified atom stereocenters. The first-order valence-corrected chi connectivity index (χ1v) is 5.70. The fourth-order valence-electron chi connectivity index (χ4n) is 2.16. The van der Waals surface area contributed by atoms with Crippen molar-refractivity contribution in [2.24, 2.45) is 5.41 Å². The number of hydrogen-bond donors (Lipinski definition) is 0. The van der Waals surface area contributed by atoms with Crippen LogP contribution >= 0.6 is 0 Å². The van der Waals surface area contributed by atoms with E-state index in [-0.39, 0.29) is 0 Å². The molecule has 0 nitrogen and oxygen atoms in total. The van der Waals surface area contributed by atoms with Gasteiger partial charge in [-0.25, -0.2) is 0 Å². The molecule has 0 aromatic heterocycles. The molecule has 0 saturated carbocycles. The van der Waals surface area contributed by atoms with Crippen molar-refractivity contribution in [2.75, 3.05) is 0 Å². The van der Waals surface area contributed by atoms with Crippen molar-refractivity contribution in [3.05, 3.63) is 40.0 Å². The average Bonchev–Trinajstić information content (AvgIpc) is 2.55. The zero-order chi connectivity index (χ0) is 11.2. The first-order valence-electron chi connectivity index (χ1n) is 5.70. The van der Waals surface area contributed by atoms with E-state index in [4.69, 9.17) is 0 Å². The molecule has 0 fully saturated rings. The van der Waals surface area contributed by atoms with Gasteiger partial charge in [-0.05, 0) is 47.9 Å². The number of aryl methyl sites for hydroxylation is 1. The number of allylic oxidation sites excluding steroid dienone is 1. The number of benzene rings is 1. The van der Waals surface area contributed by atoms with Crippen LogP contribution in [0.15, 0.2) is 17.7 Å². The van der Waals surface area contributed by atoms with Crippen molar-refractivity contribution in [2.45, 2.75) is 41.0 Å². The van der Waals surface area contributed by atoms with Crippen LogP contribution in [-0.4, -0.2) is 0 Å². The summed E-state index contributed by atoms with van der Waals surface area (Å²) in [6.45, 7) is 11.3. The minimum Gasteiger partial charge on any atom is -0.0598 e. The second-order valence-electron chi connectivity index (χ2n) is 5.68. The Labute approximate surface area is 93.0 Å². The smallest absolute Gasteiger partial charge is 0.00525 e. The number of hydrogen-bond acceptors (Lipinski definition) is 0. The summed E-state index contributed by atoms with van der Waals surface area (Å²) in [5.41, 5.74) is 7.69. The van der Waals surface area contributed by atoms with E-state index in [0.717, 1.165) is 6.42 Å². The molecule has 0 saturated heterocycles. The summed E-state index contributed by atoms with van der Waals surface area (Å²) >= 11 is 0.